The molecule has 0 spiro atoms. The van der Waals surface area contributed by atoms with Gasteiger partial charge in [-0.05, 0) is 12.8 Å². The normalized spacial score (nSPS) is 16.1. The number of carbonyl (C=O) groups is 1. The van der Waals surface area contributed by atoms with Crippen LogP contribution in [0.3, 0.4) is 0 Å². The lowest BCUT2D eigenvalue weighted by molar-refractivity contribution is 0.104. The monoisotopic (exact) mass is 161 g/mol. The highest BCUT2D eigenvalue weighted by Gasteiger charge is 2.26. The van der Waals surface area contributed by atoms with Gasteiger partial charge in [0.25, 0.3) is 0 Å². The van der Waals surface area contributed by atoms with Crippen LogP contribution in [0.15, 0.2) is 12.4 Å². The summed E-state index contributed by atoms with van der Waals surface area (Å²) in [5.74, 6) is 1.18. The topological polar surface area (TPSA) is 42.9 Å². The molecular formula is C9H9N2O. The van der Waals surface area contributed by atoms with E-state index in [0.29, 0.717) is 11.5 Å². The quantitative estimate of drug-likeness (QED) is 0.615. The lowest BCUT2D eigenvalue weighted by atomic mass is 10.2. The zero-order valence-electron chi connectivity index (χ0n) is 6.66. The minimum Gasteiger partial charge on any atom is -0.294 e. The number of hydrogen-bond acceptors (Lipinski definition) is 3. The smallest absolute Gasteiger partial charge is 0.166 e. The van der Waals surface area contributed by atoms with E-state index < -0.39 is 0 Å². The SMILES string of the molecule is [CH2]C(=O)c1cnc(C2CC2)nc1. The first-order valence-electron chi connectivity index (χ1n) is 3.95. The highest BCUT2D eigenvalue weighted by molar-refractivity contribution is 5.98. The molecule has 0 unspecified atom stereocenters. The van der Waals surface area contributed by atoms with Crippen molar-refractivity contribution < 1.29 is 4.79 Å². The Kier molecular flexibility index (Phi) is 1.64. The molecule has 0 saturated heterocycles. The Morgan fingerprint density at radius 3 is 2.42 bits per heavy atom. The summed E-state index contributed by atoms with van der Waals surface area (Å²) in [5.41, 5.74) is 0.486. The molecule has 0 amide bonds. The van der Waals surface area contributed by atoms with Crippen molar-refractivity contribution in [3.05, 3.63) is 30.7 Å². The fraction of sp³-hybridized carbons (Fsp3) is 0.333. The number of Topliss-reactive ketones (excluding diaryl/α,β-unsaturated/α-hetero) is 1. The molecule has 61 valence electrons. The number of hydrogen-bond donors (Lipinski definition) is 0. The van der Waals surface area contributed by atoms with Gasteiger partial charge in [-0.25, -0.2) is 9.97 Å². The molecule has 1 aliphatic carbocycles. The second-order valence-electron chi connectivity index (χ2n) is 3.03. The molecule has 1 aromatic rings. The predicted octanol–water partition coefficient (Wildman–Crippen LogP) is 1.37. The molecular weight excluding hydrogens is 152 g/mol. The lowest BCUT2D eigenvalue weighted by Gasteiger charge is -1.96. The molecule has 2 rings (SSSR count). The summed E-state index contributed by atoms with van der Waals surface area (Å²) in [6.07, 6.45) is 5.46. The van der Waals surface area contributed by atoms with E-state index in [9.17, 15) is 4.79 Å². The summed E-state index contributed by atoms with van der Waals surface area (Å²) < 4.78 is 0. The maximum absolute atomic E-state index is 10.8. The van der Waals surface area contributed by atoms with Gasteiger partial charge < -0.3 is 0 Å². The fourth-order valence-electron chi connectivity index (χ4n) is 1.03. The number of ketones is 1. The van der Waals surface area contributed by atoms with Gasteiger partial charge in [-0.1, -0.05) is 0 Å². The average molecular weight is 161 g/mol. The minimum absolute atomic E-state index is 0.225. The van der Waals surface area contributed by atoms with Crippen molar-refractivity contribution in [1.29, 1.82) is 0 Å². The summed E-state index contributed by atoms with van der Waals surface area (Å²) in [5, 5.41) is 0. The van der Waals surface area contributed by atoms with Gasteiger partial charge in [0, 0.05) is 25.2 Å². The van der Waals surface area contributed by atoms with Gasteiger partial charge in [0.1, 0.15) is 5.82 Å². The van der Waals surface area contributed by atoms with E-state index in [4.69, 9.17) is 0 Å². The van der Waals surface area contributed by atoms with E-state index in [-0.39, 0.29) is 5.78 Å². The van der Waals surface area contributed by atoms with Crippen molar-refractivity contribution in [3.63, 3.8) is 0 Å². The van der Waals surface area contributed by atoms with Crippen LogP contribution in [-0.2, 0) is 0 Å². The Morgan fingerprint density at radius 2 is 2.00 bits per heavy atom. The Bertz CT molecular complexity index is 301. The van der Waals surface area contributed by atoms with Crippen LogP contribution in [0.5, 0.6) is 0 Å². The molecule has 1 heterocycles. The molecule has 0 aromatic carbocycles. The summed E-state index contributed by atoms with van der Waals surface area (Å²) >= 11 is 0. The Hall–Kier alpha value is -1.25. The molecule has 0 aliphatic heterocycles. The first kappa shape index (κ1) is 7.40. The standard InChI is InChI=1S/C9H9N2O/c1-6(12)8-4-10-9(11-5-8)7-2-3-7/h4-5,7H,1-3H2. The number of aromatic nitrogens is 2. The maximum atomic E-state index is 10.8. The number of nitrogens with zero attached hydrogens (tertiary/aromatic N) is 2. The van der Waals surface area contributed by atoms with Crippen LogP contribution in [0.25, 0.3) is 0 Å². The molecule has 0 N–H and O–H groups in total. The van der Waals surface area contributed by atoms with Crippen molar-refractivity contribution in [1.82, 2.24) is 9.97 Å². The molecule has 1 aromatic heterocycles. The molecule has 1 fully saturated rings. The van der Waals surface area contributed by atoms with Gasteiger partial charge in [-0.2, -0.15) is 0 Å². The van der Waals surface area contributed by atoms with Crippen molar-refractivity contribution in [2.24, 2.45) is 0 Å². The molecule has 12 heavy (non-hydrogen) atoms. The van der Waals surface area contributed by atoms with E-state index in [0.717, 1.165) is 5.82 Å². The van der Waals surface area contributed by atoms with Crippen LogP contribution < -0.4 is 0 Å². The van der Waals surface area contributed by atoms with Crippen molar-refractivity contribution in [3.8, 4) is 0 Å². The van der Waals surface area contributed by atoms with Gasteiger partial charge in [0.05, 0.1) is 5.56 Å². The number of rotatable bonds is 2. The highest BCUT2D eigenvalue weighted by atomic mass is 16.1. The van der Waals surface area contributed by atoms with Crippen LogP contribution in [0.4, 0.5) is 0 Å². The molecule has 3 heteroatoms. The minimum atomic E-state index is -0.225. The van der Waals surface area contributed by atoms with Crippen LogP contribution in [0, 0.1) is 6.92 Å². The van der Waals surface area contributed by atoms with E-state index in [1.54, 1.807) is 12.4 Å². The van der Waals surface area contributed by atoms with E-state index in [1.807, 2.05) is 0 Å². The summed E-state index contributed by atoms with van der Waals surface area (Å²) in [7, 11) is 0. The van der Waals surface area contributed by atoms with Gasteiger partial charge >= 0.3 is 0 Å². The van der Waals surface area contributed by atoms with E-state index in [1.165, 1.54) is 12.8 Å². The van der Waals surface area contributed by atoms with Crippen molar-refractivity contribution >= 4 is 5.78 Å². The first-order valence-corrected chi connectivity index (χ1v) is 3.95. The summed E-state index contributed by atoms with van der Waals surface area (Å²) in [6.45, 7) is 3.28. The Morgan fingerprint density at radius 1 is 1.42 bits per heavy atom. The van der Waals surface area contributed by atoms with Crippen molar-refractivity contribution in [2.45, 2.75) is 18.8 Å². The van der Waals surface area contributed by atoms with Gasteiger partial charge in [-0.3, -0.25) is 4.79 Å². The average Bonchev–Trinajstić information content (AvgIpc) is 2.87. The first-order chi connectivity index (χ1) is 5.77. The maximum Gasteiger partial charge on any atom is 0.166 e. The molecule has 1 radical (unpaired) electrons. The van der Waals surface area contributed by atoms with Crippen LogP contribution in [0.2, 0.25) is 0 Å². The zero-order chi connectivity index (χ0) is 8.55. The third-order valence-corrected chi connectivity index (χ3v) is 1.94. The van der Waals surface area contributed by atoms with Crippen LogP contribution in [0.1, 0.15) is 34.9 Å². The zero-order valence-corrected chi connectivity index (χ0v) is 6.66. The predicted molar refractivity (Wildman–Crippen MR) is 43.7 cm³/mol. The van der Waals surface area contributed by atoms with Gasteiger partial charge in [0.15, 0.2) is 5.78 Å². The third kappa shape index (κ3) is 1.35. The van der Waals surface area contributed by atoms with Crippen LogP contribution in [-0.4, -0.2) is 15.8 Å². The molecule has 1 aliphatic rings. The fourth-order valence-corrected chi connectivity index (χ4v) is 1.03. The molecule has 3 nitrogen and oxygen atoms in total. The molecule has 0 bridgehead atoms. The second-order valence-corrected chi connectivity index (χ2v) is 3.03. The summed E-state index contributed by atoms with van der Waals surface area (Å²) in [4.78, 5) is 18.9. The van der Waals surface area contributed by atoms with Gasteiger partial charge in [0.2, 0.25) is 0 Å². The highest BCUT2D eigenvalue weighted by Crippen LogP contribution is 2.37. The van der Waals surface area contributed by atoms with E-state index >= 15 is 0 Å². The number of carbonyl (C=O) groups excluding carboxylic acids is 1. The Labute approximate surface area is 70.9 Å². The molecule has 1 saturated carbocycles. The molecule has 0 atom stereocenters. The lowest BCUT2D eigenvalue weighted by Crippen LogP contribution is -1.98. The Balaban J connectivity index is 2.24. The third-order valence-electron chi connectivity index (χ3n) is 1.94. The summed E-state index contributed by atoms with van der Waals surface area (Å²) in [6, 6.07) is 0. The van der Waals surface area contributed by atoms with Crippen molar-refractivity contribution in [2.75, 3.05) is 0 Å². The largest absolute Gasteiger partial charge is 0.294 e. The van der Waals surface area contributed by atoms with Gasteiger partial charge in [-0.15, -0.1) is 0 Å². The van der Waals surface area contributed by atoms with E-state index in [2.05, 4.69) is 16.9 Å². The second kappa shape index (κ2) is 2.66. The van der Waals surface area contributed by atoms with Crippen LogP contribution >= 0.6 is 0 Å².